The van der Waals surface area contributed by atoms with Gasteiger partial charge in [-0.1, -0.05) is 52.5 Å². The van der Waals surface area contributed by atoms with Crippen molar-refractivity contribution in [3.8, 4) is 0 Å². The highest BCUT2D eigenvalue weighted by atomic mass is 16.7. The number of methoxy groups -OCH3 is 1. The summed E-state index contributed by atoms with van der Waals surface area (Å²) >= 11 is 0. The molecule has 0 aliphatic carbocycles. The number of hydrogen-bond donors (Lipinski definition) is 3. The van der Waals surface area contributed by atoms with Crippen LogP contribution in [-0.4, -0.2) is 109 Å². The van der Waals surface area contributed by atoms with Crippen LogP contribution in [0, 0.1) is 5.41 Å². The van der Waals surface area contributed by atoms with Gasteiger partial charge in [-0.3, -0.25) is 9.59 Å². The Labute approximate surface area is 283 Å². The van der Waals surface area contributed by atoms with Crippen LogP contribution in [0.3, 0.4) is 0 Å². The molecule has 0 spiro atoms. The number of carbonyl (C=O) groups is 3. The second-order valence-corrected chi connectivity index (χ2v) is 13.4. The van der Waals surface area contributed by atoms with Gasteiger partial charge in [-0.25, -0.2) is 4.79 Å². The molecule has 2 saturated heterocycles. The summed E-state index contributed by atoms with van der Waals surface area (Å²) in [6.45, 7) is 6.00. The third-order valence-electron chi connectivity index (χ3n) is 8.99. The average molecular weight is 685 g/mol. The van der Waals surface area contributed by atoms with E-state index in [9.17, 15) is 29.7 Å². The lowest BCUT2D eigenvalue weighted by atomic mass is 9.74. The van der Waals surface area contributed by atoms with Gasteiger partial charge >= 0.3 is 17.9 Å². The topological polar surface area (TPSA) is 177 Å². The van der Waals surface area contributed by atoms with E-state index in [-0.39, 0.29) is 50.4 Å². The van der Waals surface area contributed by atoms with Crippen molar-refractivity contribution in [1.82, 2.24) is 0 Å². The van der Waals surface area contributed by atoms with Gasteiger partial charge in [-0.05, 0) is 43.8 Å². The van der Waals surface area contributed by atoms with E-state index in [0.717, 1.165) is 25.7 Å². The van der Waals surface area contributed by atoms with Crippen molar-refractivity contribution in [3.05, 3.63) is 23.8 Å². The minimum absolute atomic E-state index is 0.00378. The molecule has 0 amide bonds. The first-order valence-corrected chi connectivity index (χ1v) is 17.3. The molecule has 3 heterocycles. The predicted molar refractivity (Wildman–Crippen MR) is 172 cm³/mol. The molecule has 3 aliphatic heterocycles. The van der Waals surface area contributed by atoms with Crippen LogP contribution < -0.4 is 0 Å². The van der Waals surface area contributed by atoms with Crippen LogP contribution in [0.4, 0.5) is 0 Å². The largest absolute Gasteiger partial charge is 0.466 e. The van der Waals surface area contributed by atoms with Gasteiger partial charge in [0.2, 0.25) is 5.79 Å². The smallest absolute Gasteiger partial charge is 0.330 e. The van der Waals surface area contributed by atoms with Crippen molar-refractivity contribution in [2.45, 2.75) is 140 Å². The molecule has 13 nitrogen and oxygen atoms in total. The van der Waals surface area contributed by atoms with Gasteiger partial charge < -0.3 is 48.5 Å². The fraction of sp³-hybridized carbons (Fsp3) is 0.800. The molecule has 4 bridgehead atoms. The molecule has 0 saturated carbocycles. The third kappa shape index (κ3) is 12.2. The summed E-state index contributed by atoms with van der Waals surface area (Å²) in [5, 5.41) is 33.0. The first kappa shape index (κ1) is 40.0. The summed E-state index contributed by atoms with van der Waals surface area (Å²) in [7, 11) is 1.21. The van der Waals surface area contributed by atoms with Crippen molar-refractivity contribution >= 4 is 17.9 Å². The van der Waals surface area contributed by atoms with Gasteiger partial charge in [-0.15, -0.1) is 0 Å². The quantitative estimate of drug-likeness (QED) is 0.106. The number of unbranched alkanes of at least 4 members (excludes halogenated alkanes) is 4. The standard InChI is InChI=1S/C35H56O13/c1-5-6-7-8-9-10-29(38)47-33-24(20-30(39)42-4)19-27-22-28(23-36)45-31(40)21-25(37)12-16-43-17-13-26-14-18-44-32(46-26)11-15-34(2,3)35(33,41)48-27/h11,15,20,25-28,32-33,36-37,41H,5-10,12-14,16-19,21-23H2,1-4H3/t25-,26-,27+,28-,32+,33+,35-/m1/s1. The maximum absolute atomic E-state index is 13.2. The first-order chi connectivity index (χ1) is 22.9. The summed E-state index contributed by atoms with van der Waals surface area (Å²) in [6.07, 6.45) is 5.02. The van der Waals surface area contributed by atoms with Gasteiger partial charge in [0, 0.05) is 37.5 Å². The number of fused-ring (bicyclic) bond motifs is 4. The maximum Gasteiger partial charge on any atom is 0.330 e. The van der Waals surface area contributed by atoms with Crippen molar-refractivity contribution in [2.75, 3.05) is 33.5 Å². The van der Waals surface area contributed by atoms with E-state index in [1.807, 2.05) is 0 Å². The molecule has 2 fully saturated rings. The van der Waals surface area contributed by atoms with Crippen molar-refractivity contribution in [1.29, 1.82) is 0 Å². The van der Waals surface area contributed by atoms with Crippen LogP contribution in [0.15, 0.2) is 23.8 Å². The van der Waals surface area contributed by atoms with E-state index in [2.05, 4.69) is 6.92 Å². The Balaban J connectivity index is 1.99. The molecule has 0 aromatic rings. The zero-order valence-corrected chi connectivity index (χ0v) is 28.9. The maximum atomic E-state index is 13.2. The van der Waals surface area contributed by atoms with Crippen LogP contribution in [0.5, 0.6) is 0 Å². The number of hydrogen-bond acceptors (Lipinski definition) is 13. The zero-order valence-electron chi connectivity index (χ0n) is 28.9. The van der Waals surface area contributed by atoms with Gasteiger partial charge in [-0.2, -0.15) is 0 Å². The number of ether oxygens (including phenoxy) is 7. The van der Waals surface area contributed by atoms with Crippen molar-refractivity contribution in [3.63, 3.8) is 0 Å². The van der Waals surface area contributed by atoms with Crippen LogP contribution in [0.1, 0.15) is 97.8 Å². The first-order valence-electron chi connectivity index (χ1n) is 17.3. The third-order valence-corrected chi connectivity index (χ3v) is 8.99. The molecule has 3 N–H and O–H groups in total. The highest BCUT2D eigenvalue weighted by Crippen LogP contribution is 2.46. The fourth-order valence-corrected chi connectivity index (χ4v) is 6.05. The lowest BCUT2D eigenvalue weighted by Gasteiger charge is -2.51. The van der Waals surface area contributed by atoms with Gasteiger partial charge in [0.05, 0.1) is 45.1 Å². The molecule has 0 radical (unpaired) electrons. The highest BCUT2D eigenvalue weighted by molar-refractivity contribution is 5.83. The average Bonchev–Trinajstić information content (AvgIpc) is 3.04. The van der Waals surface area contributed by atoms with E-state index in [1.54, 1.807) is 26.0 Å². The molecule has 0 aromatic heterocycles. The zero-order chi connectivity index (χ0) is 35.2. The van der Waals surface area contributed by atoms with Gasteiger partial charge in [0.15, 0.2) is 12.4 Å². The van der Waals surface area contributed by atoms with Crippen LogP contribution in [0.2, 0.25) is 0 Å². The van der Waals surface area contributed by atoms with Crippen molar-refractivity contribution < 1.29 is 62.9 Å². The number of carbonyl (C=O) groups excluding carboxylic acids is 3. The Kier molecular flexibility index (Phi) is 16.4. The normalized spacial score (nSPS) is 33.0. The summed E-state index contributed by atoms with van der Waals surface area (Å²) in [5.41, 5.74) is -1.04. The molecule has 0 unspecified atom stereocenters. The predicted octanol–water partition coefficient (Wildman–Crippen LogP) is 3.41. The molecule has 13 heteroatoms. The molecular weight excluding hydrogens is 628 g/mol. The van der Waals surface area contributed by atoms with Crippen molar-refractivity contribution in [2.24, 2.45) is 5.41 Å². The Morgan fingerprint density at radius 3 is 2.50 bits per heavy atom. The molecule has 0 aromatic carbocycles. The van der Waals surface area contributed by atoms with E-state index < -0.39 is 66.4 Å². The number of cyclic esters (lactones) is 1. The van der Waals surface area contributed by atoms with Crippen LogP contribution in [0.25, 0.3) is 0 Å². The summed E-state index contributed by atoms with van der Waals surface area (Å²) in [4.78, 5) is 38.4. The molecule has 274 valence electrons. The van der Waals surface area contributed by atoms with E-state index in [1.165, 1.54) is 13.2 Å². The Morgan fingerprint density at radius 2 is 1.77 bits per heavy atom. The Morgan fingerprint density at radius 1 is 1.04 bits per heavy atom. The molecule has 3 rings (SSSR count). The molecule has 3 aliphatic rings. The number of aliphatic hydroxyl groups is 3. The van der Waals surface area contributed by atoms with E-state index in [0.29, 0.717) is 32.5 Å². The number of aliphatic hydroxyl groups excluding tert-OH is 2. The highest BCUT2D eigenvalue weighted by Gasteiger charge is 2.57. The minimum atomic E-state index is -2.24. The van der Waals surface area contributed by atoms with Gasteiger partial charge in [0.1, 0.15) is 6.10 Å². The lowest BCUT2D eigenvalue weighted by molar-refractivity contribution is -0.327. The summed E-state index contributed by atoms with van der Waals surface area (Å²) < 4.78 is 40.3. The van der Waals surface area contributed by atoms with Gasteiger partial charge in [0.25, 0.3) is 0 Å². The molecule has 48 heavy (non-hydrogen) atoms. The fourth-order valence-electron chi connectivity index (χ4n) is 6.05. The Hall–Kier alpha value is -2.39. The molecule has 7 atom stereocenters. The minimum Gasteiger partial charge on any atom is -0.466 e. The second kappa shape index (κ2) is 19.7. The SMILES string of the molecule is CCCCCCCC(=O)O[C@H]1C(=CC(=O)OC)C[C@H]2C[C@H](CO)OC(=O)C[C@H](O)CCOCC[C@@H]3CCO[C@H](C=CC(C)(C)[C@]1(O)O2)O3. The van der Waals surface area contributed by atoms with E-state index >= 15 is 0 Å². The Bertz CT molecular complexity index is 1090. The second-order valence-electron chi connectivity index (χ2n) is 13.4. The van der Waals surface area contributed by atoms with E-state index in [4.69, 9.17) is 33.2 Å². The lowest BCUT2D eigenvalue weighted by Crippen LogP contribution is -2.62. The summed E-state index contributed by atoms with van der Waals surface area (Å²) in [6, 6.07) is 0. The molecular formula is C35H56O13. The number of esters is 3. The summed E-state index contributed by atoms with van der Waals surface area (Å²) in [5.74, 6) is -4.24. The number of rotatable bonds is 9. The van der Waals surface area contributed by atoms with Crippen LogP contribution in [-0.2, 0) is 47.5 Å². The monoisotopic (exact) mass is 684 g/mol. The van der Waals surface area contributed by atoms with Crippen LogP contribution >= 0.6 is 0 Å².